The summed E-state index contributed by atoms with van der Waals surface area (Å²) >= 11 is 6.09. The van der Waals surface area contributed by atoms with Crippen molar-refractivity contribution in [2.75, 3.05) is 26.2 Å². The van der Waals surface area contributed by atoms with Gasteiger partial charge in [0.25, 0.3) is 5.91 Å². The van der Waals surface area contributed by atoms with Crippen molar-refractivity contribution in [2.24, 2.45) is 5.73 Å². The van der Waals surface area contributed by atoms with Crippen LogP contribution in [0.25, 0.3) is 0 Å². The van der Waals surface area contributed by atoms with Gasteiger partial charge >= 0.3 is 0 Å². The van der Waals surface area contributed by atoms with E-state index in [1.807, 2.05) is 43.3 Å². The standard InChI is InChI=1S/C30H34ClN3O/c1-21(32)24-8-5-9-25(16-24)30(35)34-19-27(22-6-3-2-4-7-22)17-29(34)20-33-15-14-26(18-33)23-10-12-28(31)13-11-23/h2-13,16,21,26-27,29H,14-15,17-20,32H2,1H3. The smallest absolute Gasteiger partial charge is 0.254 e. The molecule has 0 bridgehead atoms. The maximum absolute atomic E-state index is 13.8. The Kier molecular flexibility index (Phi) is 7.24. The molecule has 182 valence electrons. The van der Waals surface area contributed by atoms with Crippen molar-refractivity contribution in [3.8, 4) is 0 Å². The summed E-state index contributed by atoms with van der Waals surface area (Å²) in [5.74, 6) is 0.992. The molecule has 0 spiro atoms. The molecule has 0 aliphatic carbocycles. The second-order valence-corrected chi connectivity index (χ2v) is 10.6. The molecule has 2 N–H and O–H groups in total. The molecule has 5 heteroatoms. The number of halogens is 1. The normalized spacial score (nSPS) is 23.5. The van der Waals surface area contributed by atoms with E-state index in [0.29, 0.717) is 11.8 Å². The largest absolute Gasteiger partial charge is 0.334 e. The van der Waals surface area contributed by atoms with Crippen LogP contribution in [-0.2, 0) is 0 Å². The molecule has 2 heterocycles. The highest BCUT2D eigenvalue weighted by Crippen LogP contribution is 2.35. The molecule has 0 saturated carbocycles. The summed E-state index contributed by atoms with van der Waals surface area (Å²) < 4.78 is 0. The van der Waals surface area contributed by atoms with Crippen LogP contribution in [0, 0.1) is 0 Å². The van der Waals surface area contributed by atoms with Crippen LogP contribution in [0.15, 0.2) is 78.9 Å². The molecule has 3 aromatic carbocycles. The van der Waals surface area contributed by atoms with E-state index in [9.17, 15) is 4.79 Å². The first kappa shape index (κ1) is 24.1. The predicted octanol–water partition coefficient (Wildman–Crippen LogP) is 5.85. The number of hydrogen-bond donors (Lipinski definition) is 1. The third kappa shape index (κ3) is 5.45. The summed E-state index contributed by atoms with van der Waals surface area (Å²) in [5, 5.41) is 0.781. The monoisotopic (exact) mass is 487 g/mol. The fourth-order valence-electron chi connectivity index (χ4n) is 5.73. The maximum atomic E-state index is 13.8. The van der Waals surface area contributed by atoms with Crippen molar-refractivity contribution in [3.05, 3.63) is 106 Å². The Morgan fingerprint density at radius 1 is 0.971 bits per heavy atom. The van der Waals surface area contributed by atoms with E-state index < -0.39 is 0 Å². The van der Waals surface area contributed by atoms with Gasteiger partial charge in [-0.25, -0.2) is 0 Å². The second-order valence-electron chi connectivity index (χ2n) is 10.2. The summed E-state index contributed by atoms with van der Waals surface area (Å²) in [7, 11) is 0. The molecule has 1 amide bonds. The fourth-order valence-corrected chi connectivity index (χ4v) is 5.86. The maximum Gasteiger partial charge on any atom is 0.254 e. The lowest BCUT2D eigenvalue weighted by molar-refractivity contribution is 0.0707. The van der Waals surface area contributed by atoms with Crippen molar-refractivity contribution < 1.29 is 4.79 Å². The van der Waals surface area contributed by atoms with E-state index >= 15 is 0 Å². The van der Waals surface area contributed by atoms with Crippen LogP contribution in [0.3, 0.4) is 0 Å². The number of rotatable bonds is 6. The predicted molar refractivity (Wildman–Crippen MR) is 143 cm³/mol. The first-order chi connectivity index (χ1) is 17.0. The highest BCUT2D eigenvalue weighted by molar-refractivity contribution is 6.30. The van der Waals surface area contributed by atoms with Gasteiger partial charge in [0.05, 0.1) is 0 Å². The number of nitrogens with zero attached hydrogens (tertiary/aromatic N) is 2. The molecule has 2 aliphatic rings. The molecular weight excluding hydrogens is 454 g/mol. The van der Waals surface area contributed by atoms with Crippen molar-refractivity contribution in [1.82, 2.24) is 9.80 Å². The number of carbonyl (C=O) groups is 1. The van der Waals surface area contributed by atoms with Crippen LogP contribution >= 0.6 is 11.6 Å². The fraction of sp³-hybridized carbons (Fsp3) is 0.367. The highest BCUT2D eigenvalue weighted by Gasteiger charge is 2.38. The van der Waals surface area contributed by atoms with Gasteiger partial charge < -0.3 is 15.5 Å². The molecule has 2 saturated heterocycles. The third-order valence-corrected chi connectivity index (χ3v) is 7.94. The minimum Gasteiger partial charge on any atom is -0.334 e. The number of hydrogen-bond acceptors (Lipinski definition) is 3. The molecule has 4 nitrogen and oxygen atoms in total. The van der Waals surface area contributed by atoms with Crippen LogP contribution < -0.4 is 5.73 Å². The molecule has 2 fully saturated rings. The lowest BCUT2D eigenvalue weighted by atomic mass is 9.96. The minimum absolute atomic E-state index is 0.0939. The first-order valence-corrected chi connectivity index (χ1v) is 13.0. The SMILES string of the molecule is CC(N)c1cccc(C(=O)N2CC(c3ccccc3)CC2CN2CCC(c3ccc(Cl)cc3)C2)c1. The molecule has 5 rings (SSSR count). The summed E-state index contributed by atoms with van der Waals surface area (Å²) in [4.78, 5) is 18.4. The van der Waals surface area contributed by atoms with E-state index in [-0.39, 0.29) is 18.0 Å². The summed E-state index contributed by atoms with van der Waals surface area (Å²) in [6.07, 6.45) is 2.13. The van der Waals surface area contributed by atoms with Crippen molar-refractivity contribution in [3.63, 3.8) is 0 Å². The Bertz CT molecular complexity index is 1150. The average Bonchev–Trinajstić information content (AvgIpc) is 3.52. The Balaban J connectivity index is 1.34. The van der Waals surface area contributed by atoms with Gasteiger partial charge in [0.15, 0.2) is 0 Å². The quantitative estimate of drug-likeness (QED) is 0.474. The third-order valence-electron chi connectivity index (χ3n) is 7.69. The van der Waals surface area contributed by atoms with Gasteiger partial charge in [0.2, 0.25) is 0 Å². The number of benzene rings is 3. The van der Waals surface area contributed by atoms with Gasteiger partial charge in [0.1, 0.15) is 0 Å². The Labute approximate surface area is 213 Å². The van der Waals surface area contributed by atoms with E-state index in [0.717, 1.165) is 55.2 Å². The van der Waals surface area contributed by atoms with Gasteiger partial charge in [-0.2, -0.15) is 0 Å². The highest BCUT2D eigenvalue weighted by atomic mass is 35.5. The van der Waals surface area contributed by atoms with Gasteiger partial charge in [0, 0.05) is 48.2 Å². The summed E-state index contributed by atoms with van der Waals surface area (Å²) in [6, 6.07) is 26.8. The first-order valence-electron chi connectivity index (χ1n) is 12.7. The average molecular weight is 488 g/mol. The molecule has 2 aliphatic heterocycles. The van der Waals surface area contributed by atoms with Crippen molar-refractivity contribution in [2.45, 2.75) is 43.7 Å². The van der Waals surface area contributed by atoms with Gasteiger partial charge in [-0.15, -0.1) is 0 Å². The zero-order chi connectivity index (χ0) is 24.4. The Morgan fingerprint density at radius 3 is 2.46 bits per heavy atom. The number of amides is 1. The number of nitrogens with two attached hydrogens (primary N) is 1. The lowest BCUT2D eigenvalue weighted by Gasteiger charge is -2.29. The zero-order valence-electron chi connectivity index (χ0n) is 20.3. The molecule has 4 unspecified atom stereocenters. The van der Waals surface area contributed by atoms with Crippen LogP contribution in [-0.4, -0.2) is 47.9 Å². The van der Waals surface area contributed by atoms with Crippen LogP contribution in [0.4, 0.5) is 0 Å². The van der Waals surface area contributed by atoms with E-state index in [4.69, 9.17) is 17.3 Å². The summed E-state index contributed by atoms with van der Waals surface area (Å²) in [6.45, 7) is 5.70. The van der Waals surface area contributed by atoms with E-state index in [1.54, 1.807) is 0 Å². The summed E-state index contributed by atoms with van der Waals surface area (Å²) in [5.41, 5.74) is 10.5. The topological polar surface area (TPSA) is 49.6 Å². The van der Waals surface area contributed by atoms with Crippen LogP contribution in [0.5, 0.6) is 0 Å². The second kappa shape index (κ2) is 10.5. The van der Waals surface area contributed by atoms with Crippen molar-refractivity contribution >= 4 is 17.5 Å². The minimum atomic E-state index is -0.0939. The number of likely N-dealkylation sites (tertiary alicyclic amines) is 2. The molecule has 0 aromatic heterocycles. The molecule has 4 atom stereocenters. The zero-order valence-corrected chi connectivity index (χ0v) is 21.1. The van der Waals surface area contributed by atoms with Crippen LogP contribution in [0.2, 0.25) is 5.02 Å². The Hall–Kier alpha value is -2.66. The lowest BCUT2D eigenvalue weighted by Crippen LogP contribution is -2.42. The van der Waals surface area contributed by atoms with E-state index in [2.05, 4.69) is 52.3 Å². The van der Waals surface area contributed by atoms with Gasteiger partial charge in [-0.05, 0) is 73.2 Å². The van der Waals surface area contributed by atoms with Gasteiger partial charge in [-0.3, -0.25) is 4.79 Å². The number of carbonyl (C=O) groups excluding carboxylic acids is 1. The van der Waals surface area contributed by atoms with Crippen molar-refractivity contribution in [1.29, 1.82) is 0 Å². The Morgan fingerprint density at radius 2 is 1.71 bits per heavy atom. The molecular formula is C30H34ClN3O. The molecule has 35 heavy (non-hydrogen) atoms. The van der Waals surface area contributed by atoms with E-state index in [1.165, 1.54) is 11.1 Å². The molecule has 3 aromatic rings. The van der Waals surface area contributed by atoms with Crippen LogP contribution in [0.1, 0.15) is 64.7 Å². The van der Waals surface area contributed by atoms with Gasteiger partial charge in [-0.1, -0.05) is 66.2 Å². The molecule has 0 radical (unpaired) electrons.